The molecule has 0 atom stereocenters. The maximum atomic E-state index is 11.6. The van der Waals surface area contributed by atoms with Crippen LogP contribution in [0.15, 0.2) is 0 Å². The third-order valence-electron chi connectivity index (χ3n) is 2.67. The van der Waals surface area contributed by atoms with Gasteiger partial charge in [0.05, 0.1) is 0 Å². The molecule has 2 fully saturated rings. The summed E-state index contributed by atoms with van der Waals surface area (Å²) in [5.41, 5.74) is 0. The van der Waals surface area contributed by atoms with Gasteiger partial charge in [-0.25, -0.2) is 0 Å². The summed E-state index contributed by atoms with van der Waals surface area (Å²) in [7, 11) is 0. The van der Waals surface area contributed by atoms with Crippen LogP contribution in [0.25, 0.3) is 0 Å². The summed E-state index contributed by atoms with van der Waals surface area (Å²) in [6.45, 7) is 1.75. The first-order valence-electron chi connectivity index (χ1n) is 5.09. The molecular weight excluding hydrogens is 166 g/mol. The van der Waals surface area contributed by atoms with E-state index in [-0.39, 0.29) is 11.7 Å². The van der Waals surface area contributed by atoms with Crippen LogP contribution in [-0.4, -0.2) is 28.7 Å². The van der Waals surface area contributed by atoms with Crippen molar-refractivity contribution in [2.75, 3.05) is 0 Å². The Kier molecular flexibility index (Phi) is 2.10. The molecule has 0 aromatic rings. The van der Waals surface area contributed by atoms with Crippen molar-refractivity contribution in [1.29, 1.82) is 0 Å². The molecule has 0 N–H and O–H groups in total. The second-order valence-electron chi connectivity index (χ2n) is 3.95. The van der Waals surface area contributed by atoms with E-state index in [1.165, 1.54) is 0 Å². The van der Waals surface area contributed by atoms with Crippen LogP contribution in [0.4, 0.5) is 0 Å². The average Bonchev–Trinajstić information content (AvgIpc) is 2.95. The van der Waals surface area contributed by atoms with Gasteiger partial charge in [0, 0.05) is 18.5 Å². The Balaban J connectivity index is 2.01. The molecule has 13 heavy (non-hydrogen) atoms. The molecule has 0 aromatic carbocycles. The SMILES string of the molecule is CCC(=O)C(=O)N(C1CC1)C1CC1. The highest BCUT2D eigenvalue weighted by atomic mass is 16.2. The summed E-state index contributed by atoms with van der Waals surface area (Å²) in [6, 6.07) is 0.797. The fraction of sp³-hybridized carbons (Fsp3) is 0.800. The minimum atomic E-state index is -0.229. The Bertz CT molecular complexity index is 229. The lowest BCUT2D eigenvalue weighted by Gasteiger charge is -2.20. The molecule has 0 heterocycles. The normalized spacial score (nSPS) is 21.3. The Morgan fingerprint density at radius 2 is 1.62 bits per heavy atom. The van der Waals surface area contributed by atoms with E-state index in [9.17, 15) is 9.59 Å². The summed E-state index contributed by atoms with van der Waals surface area (Å²) in [4.78, 5) is 24.7. The van der Waals surface area contributed by atoms with E-state index < -0.39 is 0 Å². The summed E-state index contributed by atoms with van der Waals surface area (Å²) < 4.78 is 0. The molecule has 0 radical (unpaired) electrons. The van der Waals surface area contributed by atoms with Crippen molar-refractivity contribution in [3.05, 3.63) is 0 Å². The van der Waals surface area contributed by atoms with Gasteiger partial charge in [0.2, 0.25) is 5.78 Å². The second kappa shape index (κ2) is 3.13. The van der Waals surface area contributed by atoms with Gasteiger partial charge in [0.25, 0.3) is 5.91 Å². The Labute approximate surface area is 78.1 Å². The molecule has 0 unspecified atom stereocenters. The molecule has 0 spiro atoms. The smallest absolute Gasteiger partial charge is 0.290 e. The number of nitrogens with zero attached hydrogens (tertiary/aromatic N) is 1. The van der Waals surface area contributed by atoms with Gasteiger partial charge in [-0.3, -0.25) is 9.59 Å². The van der Waals surface area contributed by atoms with E-state index in [2.05, 4.69) is 0 Å². The van der Waals surface area contributed by atoms with Crippen LogP contribution in [0.2, 0.25) is 0 Å². The molecule has 0 aliphatic heterocycles. The fourth-order valence-corrected chi connectivity index (χ4v) is 1.63. The molecule has 3 heteroatoms. The minimum absolute atomic E-state index is 0.223. The number of hydrogen-bond donors (Lipinski definition) is 0. The van der Waals surface area contributed by atoms with Gasteiger partial charge in [0.1, 0.15) is 0 Å². The number of hydrogen-bond acceptors (Lipinski definition) is 2. The van der Waals surface area contributed by atoms with Gasteiger partial charge in [-0.05, 0) is 25.7 Å². The zero-order valence-corrected chi connectivity index (χ0v) is 7.95. The van der Waals surface area contributed by atoms with E-state index in [0.717, 1.165) is 25.7 Å². The summed E-state index contributed by atoms with van der Waals surface area (Å²) in [5, 5.41) is 0. The molecule has 0 bridgehead atoms. The van der Waals surface area contributed by atoms with Crippen molar-refractivity contribution in [3.8, 4) is 0 Å². The number of ketones is 1. The lowest BCUT2D eigenvalue weighted by Crippen LogP contribution is -2.39. The number of amides is 1. The molecule has 0 aromatic heterocycles. The first-order chi connectivity index (χ1) is 6.24. The minimum Gasteiger partial charge on any atom is -0.330 e. The van der Waals surface area contributed by atoms with Crippen LogP contribution in [0.3, 0.4) is 0 Å². The highest BCUT2D eigenvalue weighted by molar-refractivity contribution is 6.36. The van der Waals surface area contributed by atoms with Crippen molar-refractivity contribution < 1.29 is 9.59 Å². The maximum Gasteiger partial charge on any atom is 0.290 e. The van der Waals surface area contributed by atoms with Crippen molar-refractivity contribution in [2.45, 2.75) is 51.1 Å². The maximum absolute atomic E-state index is 11.6. The highest BCUT2D eigenvalue weighted by Gasteiger charge is 2.43. The second-order valence-corrected chi connectivity index (χ2v) is 3.95. The Morgan fingerprint density at radius 1 is 1.15 bits per heavy atom. The zero-order chi connectivity index (χ0) is 9.42. The van der Waals surface area contributed by atoms with Crippen molar-refractivity contribution >= 4 is 11.7 Å². The van der Waals surface area contributed by atoms with Crippen molar-refractivity contribution in [3.63, 3.8) is 0 Å². The Hall–Kier alpha value is -0.860. The van der Waals surface area contributed by atoms with Crippen molar-refractivity contribution in [1.82, 2.24) is 4.90 Å². The molecule has 1 amide bonds. The van der Waals surface area contributed by atoms with Crippen LogP contribution in [0.5, 0.6) is 0 Å². The monoisotopic (exact) mass is 181 g/mol. The molecule has 2 rings (SSSR count). The lowest BCUT2D eigenvalue weighted by molar-refractivity contribution is -0.145. The summed E-state index contributed by atoms with van der Waals surface area (Å²) in [5.74, 6) is -0.452. The van der Waals surface area contributed by atoms with E-state index in [1.807, 2.05) is 4.90 Å². The van der Waals surface area contributed by atoms with Gasteiger partial charge in [-0.15, -0.1) is 0 Å². The van der Waals surface area contributed by atoms with Crippen LogP contribution in [0, 0.1) is 0 Å². The predicted octanol–water partition coefficient (Wildman–Crippen LogP) is 1.12. The van der Waals surface area contributed by atoms with Gasteiger partial charge >= 0.3 is 0 Å². The number of carbonyl (C=O) groups excluding carboxylic acids is 2. The lowest BCUT2D eigenvalue weighted by atomic mass is 10.2. The molecule has 3 nitrogen and oxygen atoms in total. The number of Topliss-reactive ketones (excluding diaryl/α,β-unsaturated/α-hetero) is 1. The number of carbonyl (C=O) groups is 2. The first kappa shape index (κ1) is 8.73. The molecule has 2 aliphatic rings. The van der Waals surface area contributed by atoms with Crippen LogP contribution in [0.1, 0.15) is 39.0 Å². The van der Waals surface area contributed by atoms with E-state index in [0.29, 0.717) is 18.5 Å². The summed E-state index contributed by atoms with van der Waals surface area (Å²) in [6.07, 6.45) is 4.73. The topological polar surface area (TPSA) is 37.4 Å². The van der Waals surface area contributed by atoms with Crippen LogP contribution >= 0.6 is 0 Å². The van der Waals surface area contributed by atoms with Crippen LogP contribution in [-0.2, 0) is 9.59 Å². The van der Waals surface area contributed by atoms with E-state index >= 15 is 0 Å². The average molecular weight is 181 g/mol. The third kappa shape index (κ3) is 1.74. The zero-order valence-electron chi connectivity index (χ0n) is 7.95. The van der Waals surface area contributed by atoms with Gasteiger partial charge in [-0.1, -0.05) is 6.92 Å². The van der Waals surface area contributed by atoms with Gasteiger partial charge < -0.3 is 4.90 Å². The first-order valence-corrected chi connectivity index (χ1v) is 5.09. The van der Waals surface area contributed by atoms with Gasteiger partial charge in [-0.2, -0.15) is 0 Å². The Morgan fingerprint density at radius 3 is 1.92 bits per heavy atom. The number of rotatable bonds is 4. The third-order valence-corrected chi connectivity index (χ3v) is 2.67. The van der Waals surface area contributed by atoms with Crippen LogP contribution < -0.4 is 0 Å². The molecule has 2 aliphatic carbocycles. The largest absolute Gasteiger partial charge is 0.330 e. The van der Waals surface area contributed by atoms with Crippen molar-refractivity contribution in [2.24, 2.45) is 0 Å². The summed E-state index contributed by atoms with van der Waals surface area (Å²) >= 11 is 0. The van der Waals surface area contributed by atoms with E-state index in [1.54, 1.807) is 6.92 Å². The molecule has 72 valence electrons. The quantitative estimate of drug-likeness (QED) is 0.609. The molecular formula is C10H15NO2. The molecule has 0 saturated heterocycles. The molecule has 2 saturated carbocycles. The standard InChI is InChI=1S/C10H15NO2/c1-2-9(12)10(13)11(7-3-4-7)8-5-6-8/h7-8H,2-6H2,1H3. The highest BCUT2D eigenvalue weighted by Crippen LogP contribution is 2.37. The fourth-order valence-electron chi connectivity index (χ4n) is 1.63. The predicted molar refractivity (Wildman–Crippen MR) is 48.2 cm³/mol. The van der Waals surface area contributed by atoms with Gasteiger partial charge in [0.15, 0.2) is 0 Å². The van der Waals surface area contributed by atoms with E-state index in [4.69, 9.17) is 0 Å².